The fourth-order valence-corrected chi connectivity index (χ4v) is 2.95. The summed E-state index contributed by atoms with van der Waals surface area (Å²) in [5, 5.41) is 4.55. The second-order valence-electron chi connectivity index (χ2n) is 5.83. The number of nitrogens with one attached hydrogen (secondary N) is 2. The lowest BCUT2D eigenvalue weighted by Crippen LogP contribution is -2.23. The third-order valence-corrected chi connectivity index (χ3v) is 4.20. The molecule has 0 radical (unpaired) electrons. The minimum Gasteiger partial charge on any atom is -0.361 e. The summed E-state index contributed by atoms with van der Waals surface area (Å²) in [4.78, 5) is 14.9. The molecule has 5 heteroatoms. The lowest BCUT2D eigenvalue weighted by Gasteiger charge is -2.21. The molecule has 126 valence electrons. The van der Waals surface area contributed by atoms with E-state index in [0.29, 0.717) is 5.95 Å². The number of nitrogens with zero attached hydrogens (tertiary/aromatic N) is 3. The van der Waals surface area contributed by atoms with Crippen molar-refractivity contribution < 1.29 is 0 Å². The number of benzene rings is 1. The van der Waals surface area contributed by atoms with Crippen LogP contribution in [0.15, 0.2) is 36.5 Å². The molecule has 0 saturated heterocycles. The van der Waals surface area contributed by atoms with Gasteiger partial charge in [-0.25, -0.2) is 4.98 Å². The quantitative estimate of drug-likeness (QED) is 0.672. The summed E-state index contributed by atoms with van der Waals surface area (Å²) in [7, 11) is 0. The first kappa shape index (κ1) is 16.3. The van der Waals surface area contributed by atoms with Crippen LogP contribution in [0.3, 0.4) is 0 Å². The highest BCUT2D eigenvalue weighted by Crippen LogP contribution is 2.25. The smallest absolute Gasteiger partial charge is 0.229 e. The predicted molar refractivity (Wildman–Crippen MR) is 101 cm³/mol. The number of rotatable bonds is 7. The molecule has 24 heavy (non-hydrogen) atoms. The summed E-state index contributed by atoms with van der Waals surface area (Å²) in [5.41, 5.74) is 3.21. The predicted octanol–water partition coefficient (Wildman–Crippen LogP) is 4.50. The van der Waals surface area contributed by atoms with Crippen LogP contribution in [-0.2, 0) is 6.42 Å². The standard InChI is InChI=1S/C19H25N5/c1-4-8-14-13-18(24(5-2)6-3)23-19(21-14)22-17-10-7-9-16-15(17)11-12-20-16/h7,9-13,20H,4-6,8H2,1-3H3,(H,21,22,23). The number of aromatic amines is 1. The van der Waals surface area contributed by atoms with Crippen molar-refractivity contribution in [2.45, 2.75) is 33.6 Å². The molecule has 0 aliphatic rings. The maximum absolute atomic E-state index is 4.74. The molecule has 0 aliphatic carbocycles. The zero-order valence-corrected chi connectivity index (χ0v) is 14.6. The Balaban J connectivity index is 1.98. The molecular formula is C19H25N5. The molecule has 1 aromatic carbocycles. The number of H-pyrrole nitrogens is 1. The number of anilines is 3. The van der Waals surface area contributed by atoms with Crippen molar-refractivity contribution in [3.8, 4) is 0 Å². The van der Waals surface area contributed by atoms with Crippen LogP contribution in [0.2, 0.25) is 0 Å². The lowest BCUT2D eigenvalue weighted by atomic mass is 10.2. The molecule has 0 bridgehead atoms. The van der Waals surface area contributed by atoms with Crippen molar-refractivity contribution >= 4 is 28.4 Å². The number of hydrogen-bond acceptors (Lipinski definition) is 4. The van der Waals surface area contributed by atoms with E-state index in [0.717, 1.165) is 54.0 Å². The van der Waals surface area contributed by atoms with Gasteiger partial charge in [-0.1, -0.05) is 19.4 Å². The topological polar surface area (TPSA) is 56.8 Å². The van der Waals surface area contributed by atoms with E-state index in [1.807, 2.05) is 12.3 Å². The van der Waals surface area contributed by atoms with Gasteiger partial charge in [0.25, 0.3) is 0 Å². The first-order chi connectivity index (χ1) is 11.7. The zero-order chi connectivity index (χ0) is 16.9. The van der Waals surface area contributed by atoms with Crippen LogP contribution in [0.25, 0.3) is 10.9 Å². The van der Waals surface area contributed by atoms with Crippen molar-refractivity contribution in [3.05, 3.63) is 42.2 Å². The molecule has 2 heterocycles. The van der Waals surface area contributed by atoms with Crippen LogP contribution in [0, 0.1) is 0 Å². The van der Waals surface area contributed by atoms with Gasteiger partial charge in [0.1, 0.15) is 5.82 Å². The minimum absolute atomic E-state index is 0.663. The highest BCUT2D eigenvalue weighted by Gasteiger charge is 2.10. The van der Waals surface area contributed by atoms with Crippen LogP contribution in [0.1, 0.15) is 32.9 Å². The van der Waals surface area contributed by atoms with E-state index >= 15 is 0 Å². The largest absolute Gasteiger partial charge is 0.361 e. The van der Waals surface area contributed by atoms with Crippen LogP contribution in [0.5, 0.6) is 0 Å². The molecule has 5 nitrogen and oxygen atoms in total. The molecule has 0 aliphatic heterocycles. The third-order valence-electron chi connectivity index (χ3n) is 4.20. The molecule has 0 spiro atoms. The van der Waals surface area contributed by atoms with E-state index in [4.69, 9.17) is 9.97 Å². The normalized spacial score (nSPS) is 11.0. The molecule has 0 amide bonds. The van der Waals surface area contributed by atoms with E-state index in [1.54, 1.807) is 0 Å². The Kier molecular flexibility index (Phi) is 4.99. The molecule has 2 aromatic heterocycles. The number of fused-ring (bicyclic) bond motifs is 1. The molecule has 2 N–H and O–H groups in total. The van der Waals surface area contributed by atoms with Gasteiger partial charge in [0.2, 0.25) is 5.95 Å². The summed E-state index contributed by atoms with van der Waals surface area (Å²) in [6.07, 6.45) is 3.98. The maximum Gasteiger partial charge on any atom is 0.229 e. The van der Waals surface area contributed by atoms with Gasteiger partial charge in [-0.05, 0) is 38.5 Å². The average Bonchev–Trinajstić information content (AvgIpc) is 3.06. The van der Waals surface area contributed by atoms with Gasteiger partial charge in [0, 0.05) is 41.9 Å². The maximum atomic E-state index is 4.74. The second kappa shape index (κ2) is 7.34. The summed E-state index contributed by atoms with van der Waals surface area (Å²) < 4.78 is 0. The Morgan fingerprint density at radius 1 is 1.08 bits per heavy atom. The highest BCUT2D eigenvalue weighted by atomic mass is 15.2. The van der Waals surface area contributed by atoms with Crippen molar-refractivity contribution in [1.29, 1.82) is 0 Å². The zero-order valence-electron chi connectivity index (χ0n) is 14.6. The highest BCUT2D eigenvalue weighted by molar-refractivity contribution is 5.93. The van der Waals surface area contributed by atoms with E-state index in [9.17, 15) is 0 Å². The number of hydrogen-bond donors (Lipinski definition) is 2. The van der Waals surface area contributed by atoms with E-state index < -0.39 is 0 Å². The summed E-state index contributed by atoms with van der Waals surface area (Å²) in [6.45, 7) is 8.35. The van der Waals surface area contributed by atoms with Gasteiger partial charge in [-0.15, -0.1) is 0 Å². The van der Waals surface area contributed by atoms with Gasteiger partial charge in [-0.3, -0.25) is 0 Å². The van der Waals surface area contributed by atoms with Gasteiger partial charge in [-0.2, -0.15) is 4.98 Å². The first-order valence-corrected chi connectivity index (χ1v) is 8.71. The fourth-order valence-electron chi connectivity index (χ4n) is 2.95. The van der Waals surface area contributed by atoms with Crippen LogP contribution in [0.4, 0.5) is 17.5 Å². The number of aromatic nitrogens is 3. The Bertz CT molecular complexity index is 804. The minimum atomic E-state index is 0.663. The summed E-state index contributed by atoms with van der Waals surface area (Å²) in [6, 6.07) is 10.3. The van der Waals surface area contributed by atoms with Crippen LogP contribution >= 0.6 is 0 Å². The molecule has 0 fully saturated rings. The van der Waals surface area contributed by atoms with Crippen molar-refractivity contribution in [1.82, 2.24) is 15.0 Å². The van der Waals surface area contributed by atoms with Gasteiger partial charge in [0.05, 0.1) is 5.69 Å². The molecule has 3 rings (SSSR count). The van der Waals surface area contributed by atoms with E-state index in [-0.39, 0.29) is 0 Å². The Labute approximate surface area is 143 Å². The molecule has 0 unspecified atom stereocenters. The van der Waals surface area contributed by atoms with E-state index in [2.05, 4.69) is 60.2 Å². The Morgan fingerprint density at radius 3 is 2.67 bits per heavy atom. The summed E-state index contributed by atoms with van der Waals surface area (Å²) >= 11 is 0. The van der Waals surface area contributed by atoms with Crippen LogP contribution < -0.4 is 10.2 Å². The molecule has 3 aromatic rings. The third kappa shape index (κ3) is 3.35. The first-order valence-electron chi connectivity index (χ1n) is 8.71. The fraction of sp³-hybridized carbons (Fsp3) is 0.368. The summed E-state index contributed by atoms with van der Waals surface area (Å²) in [5.74, 6) is 1.65. The van der Waals surface area contributed by atoms with Crippen molar-refractivity contribution in [2.75, 3.05) is 23.3 Å². The molecular weight excluding hydrogens is 298 g/mol. The van der Waals surface area contributed by atoms with Gasteiger partial charge >= 0.3 is 0 Å². The van der Waals surface area contributed by atoms with Gasteiger partial charge < -0.3 is 15.2 Å². The van der Waals surface area contributed by atoms with Gasteiger partial charge in [0.15, 0.2) is 0 Å². The van der Waals surface area contributed by atoms with Crippen molar-refractivity contribution in [2.24, 2.45) is 0 Å². The number of aryl methyl sites for hydroxylation is 1. The SMILES string of the molecule is CCCc1cc(N(CC)CC)nc(Nc2cccc3[nH]ccc23)n1. The second-order valence-corrected chi connectivity index (χ2v) is 5.83. The Morgan fingerprint density at radius 2 is 1.92 bits per heavy atom. The average molecular weight is 323 g/mol. The Hall–Kier alpha value is -2.56. The lowest BCUT2D eigenvalue weighted by molar-refractivity contribution is 0.824. The molecule has 0 saturated carbocycles. The molecule has 0 atom stereocenters. The van der Waals surface area contributed by atoms with Crippen molar-refractivity contribution in [3.63, 3.8) is 0 Å². The van der Waals surface area contributed by atoms with E-state index in [1.165, 1.54) is 0 Å². The monoisotopic (exact) mass is 323 g/mol. The van der Waals surface area contributed by atoms with Crippen LogP contribution in [-0.4, -0.2) is 28.0 Å².